The fourth-order valence-electron chi connectivity index (χ4n) is 5.94. The van der Waals surface area contributed by atoms with E-state index in [9.17, 15) is 9.59 Å². The molecule has 2 fully saturated rings. The van der Waals surface area contributed by atoms with Crippen molar-refractivity contribution in [3.8, 4) is 5.75 Å². The zero-order chi connectivity index (χ0) is 23.7. The second-order valence-corrected chi connectivity index (χ2v) is 10.0. The third kappa shape index (κ3) is 4.50. The number of hydrogen-bond donors (Lipinski definition) is 1. The summed E-state index contributed by atoms with van der Waals surface area (Å²) >= 11 is 0. The molecule has 0 bridgehead atoms. The van der Waals surface area contributed by atoms with Crippen LogP contribution in [-0.2, 0) is 17.6 Å². The molecule has 1 N–H and O–H groups in total. The van der Waals surface area contributed by atoms with E-state index in [1.807, 2.05) is 43.0 Å². The predicted molar refractivity (Wildman–Crippen MR) is 132 cm³/mol. The van der Waals surface area contributed by atoms with E-state index in [-0.39, 0.29) is 36.0 Å². The number of likely N-dealkylation sites (tertiary alicyclic amines) is 1. The molecule has 2 aromatic rings. The SMILES string of the molecule is CC(C)Oc1ccc2c(c1)CCN1C(=O)[C@H]3CCCN(C(=O)NCCc4ccccc4)[C@H]3C[C@H]21. The lowest BCUT2D eigenvalue weighted by atomic mass is 9.76. The van der Waals surface area contributed by atoms with Gasteiger partial charge in [-0.05, 0) is 74.8 Å². The molecule has 0 spiro atoms. The van der Waals surface area contributed by atoms with Gasteiger partial charge in [0.15, 0.2) is 0 Å². The van der Waals surface area contributed by atoms with E-state index < -0.39 is 0 Å². The molecule has 3 atom stereocenters. The Morgan fingerprint density at radius 2 is 1.97 bits per heavy atom. The highest BCUT2D eigenvalue weighted by Crippen LogP contribution is 2.44. The lowest BCUT2D eigenvalue weighted by Gasteiger charge is -2.51. The Hall–Kier alpha value is -3.02. The van der Waals surface area contributed by atoms with Gasteiger partial charge >= 0.3 is 6.03 Å². The molecule has 0 saturated carbocycles. The van der Waals surface area contributed by atoms with Gasteiger partial charge in [0.2, 0.25) is 5.91 Å². The molecule has 180 valence electrons. The second kappa shape index (κ2) is 9.69. The molecule has 0 radical (unpaired) electrons. The summed E-state index contributed by atoms with van der Waals surface area (Å²) < 4.78 is 5.90. The average molecular weight is 462 g/mol. The van der Waals surface area contributed by atoms with Crippen LogP contribution in [0.4, 0.5) is 4.79 Å². The van der Waals surface area contributed by atoms with Crippen LogP contribution in [0.3, 0.4) is 0 Å². The van der Waals surface area contributed by atoms with Crippen LogP contribution in [0.5, 0.6) is 5.75 Å². The van der Waals surface area contributed by atoms with Gasteiger partial charge in [0.05, 0.1) is 18.1 Å². The highest BCUT2D eigenvalue weighted by Gasteiger charge is 2.48. The largest absolute Gasteiger partial charge is 0.491 e. The van der Waals surface area contributed by atoms with Crippen molar-refractivity contribution in [2.75, 3.05) is 19.6 Å². The second-order valence-electron chi connectivity index (χ2n) is 10.0. The van der Waals surface area contributed by atoms with Gasteiger partial charge in [-0.15, -0.1) is 0 Å². The molecular weight excluding hydrogens is 426 g/mol. The smallest absolute Gasteiger partial charge is 0.317 e. The summed E-state index contributed by atoms with van der Waals surface area (Å²) in [7, 11) is 0. The lowest BCUT2D eigenvalue weighted by Crippen LogP contribution is -2.61. The molecular formula is C28H35N3O3. The molecule has 0 unspecified atom stereocenters. The number of ether oxygens (including phenoxy) is 1. The average Bonchev–Trinajstić information content (AvgIpc) is 2.84. The van der Waals surface area contributed by atoms with Gasteiger partial charge in [-0.25, -0.2) is 4.79 Å². The van der Waals surface area contributed by atoms with Crippen molar-refractivity contribution in [3.05, 3.63) is 65.2 Å². The number of amides is 3. The number of nitrogens with one attached hydrogen (secondary N) is 1. The molecule has 0 aliphatic carbocycles. The Balaban J connectivity index is 1.31. The molecule has 3 aliphatic heterocycles. The number of piperidine rings is 2. The predicted octanol–water partition coefficient (Wildman–Crippen LogP) is 4.34. The maximum Gasteiger partial charge on any atom is 0.317 e. The Morgan fingerprint density at radius 3 is 2.76 bits per heavy atom. The fraction of sp³-hybridized carbons (Fsp3) is 0.500. The summed E-state index contributed by atoms with van der Waals surface area (Å²) in [6.07, 6.45) is 4.34. The maximum absolute atomic E-state index is 13.5. The monoisotopic (exact) mass is 461 g/mol. The molecule has 34 heavy (non-hydrogen) atoms. The zero-order valence-electron chi connectivity index (χ0n) is 20.2. The fourth-order valence-corrected chi connectivity index (χ4v) is 5.94. The molecule has 3 aliphatic rings. The van der Waals surface area contributed by atoms with Crippen molar-refractivity contribution < 1.29 is 14.3 Å². The summed E-state index contributed by atoms with van der Waals surface area (Å²) in [5, 5.41) is 3.11. The van der Waals surface area contributed by atoms with Gasteiger partial charge < -0.3 is 19.9 Å². The number of benzene rings is 2. The number of carbonyl (C=O) groups is 2. The van der Waals surface area contributed by atoms with Crippen molar-refractivity contribution >= 4 is 11.9 Å². The van der Waals surface area contributed by atoms with Gasteiger partial charge in [-0.2, -0.15) is 0 Å². The molecule has 5 rings (SSSR count). The summed E-state index contributed by atoms with van der Waals surface area (Å²) in [4.78, 5) is 30.7. The first-order valence-corrected chi connectivity index (χ1v) is 12.7. The number of nitrogens with zero attached hydrogens (tertiary/aromatic N) is 2. The first kappa shape index (κ1) is 22.8. The quantitative estimate of drug-likeness (QED) is 0.721. The minimum Gasteiger partial charge on any atom is -0.491 e. The molecule has 3 heterocycles. The van der Waals surface area contributed by atoms with E-state index in [2.05, 4.69) is 34.5 Å². The van der Waals surface area contributed by atoms with Gasteiger partial charge in [0, 0.05) is 25.7 Å². The van der Waals surface area contributed by atoms with Crippen molar-refractivity contribution in [2.24, 2.45) is 5.92 Å². The topological polar surface area (TPSA) is 61.9 Å². The normalized spacial score (nSPS) is 23.7. The van der Waals surface area contributed by atoms with Gasteiger partial charge in [0.25, 0.3) is 0 Å². The molecule has 6 heteroatoms. The van der Waals surface area contributed by atoms with Crippen molar-refractivity contribution in [1.29, 1.82) is 0 Å². The van der Waals surface area contributed by atoms with Crippen LogP contribution in [0.25, 0.3) is 0 Å². The van der Waals surface area contributed by atoms with E-state index in [0.29, 0.717) is 13.1 Å². The van der Waals surface area contributed by atoms with Crippen LogP contribution in [0.15, 0.2) is 48.5 Å². The summed E-state index contributed by atoms with van der Waals surface area (Å²) in [6.45, 7) is 6.12. The van der Waals surface area contributed by atoms with Gasteiger partial charge in [0.1, 0.15) is 5.75 Å². The number of rotatable bonds is 5. The minimum absolute atomic E-state index is 0.0309. The van der Waals surface area contributed by atoms with Crippen molar-refractivity contribution in [1.82, 2.24) is 15.1 Å². The standard InChI is InChI=1S/C28H35N3O3/c1-19(2)34-22-10-11-23-21(17-22)13-16-30-25(23)18-26-24(27(30)32)9-6-15-31(26)28(33)29-14-12-20-7-4-3-5-8-20/h3-5,7-8,10-11,17,19,24-26H,6,9,12-16,18H2,1-2H3,(H,29,33)/t24-,25+,26-/m0/s1. The van der Waals surface area contributed by atoms with Crippen LogP contribution < -0.4 is 10.1 Å². The van der Waals surface area contributed by atoms with Crippen molar-refractivity contribution in [3.63, 3.8) is 0 Å². The Kier molecular flexibility index (Phi) is 6.48. The summed E-state index contributed by atoms with van der Waals surface area (Å²) in [5.41, 5.74) is 3.69. The molecule has 2 aromatic carbocycles. The number of urea groups is 1. The van der Waals surface area contributed by atoms with Crippen molar-refractivity contribution in [2.45, 2.75) is 64.1 Å². The van der Waals surface area contributed by atoms with E-state index >= 15 is 0 Å². The highest BCUT2D eigenvalue weighted by molar-refractivity contribution is 5.83. The van der Waals surface area contributed by atoms with E-state index in [1.165, 1.54) is 16.7 Å². The van der Waals surface area contributed by atoms with E-state index in [1.54, 1.807) is 0 Å². The van der Waals surface area contributed by atoms with Crippen LogP contribution in [-0.4, -0.2) is 53.5 Å². The number of fused-ring (bicyclic) bond motifs is 4. The highest BCUT2D eigenvalue weighted by atomic mass is 16.5. The summed E-state index contributed by atoms with van der Waals surface area (Å²) in [6, 6.07) is 16.4. The Bertz CT molecular complexity index is 1040. The minimum atomic E-state index is -0.0880. The number of hydrogen-bond acceptors (Lipinski definition) is 3. The van der Waals surface area contributed by atoms with Crippen LogP contribution in [0.1, 0.15) is 55.8 Å². The Labute approximate surface area is 202 Å². The van der Waals surface area contributed by atoms with E-state index in [4.69, 9.17) is 4.74 Å². The third-order valence-electron chi connectivity index (χ3n) is 7.48. The van der Waals surface area contributed by atoms with Gasteiger partial charge in [-0.3, -0.25) is 4.79 Å². The number of carbonyl (C=O) groups excluding carboxylic acids is 2. The molecule has 0 aromatic heterocycles. The Morgan fingerprint density at radius 1 is 1.15 bits per heavy atom. The maximum atomic E-state index is 13.5. The summed E-state index contributed by atoms with van der Waals surface area (Å²) in [5.74, 6) is 1.02. The van der Waals surface area contributed by atoms with Gasteiger partial charge in [-0.1, -0.05) is 36.4 Å². The van der Waals surface area contributed by atoms with Crippen LogP contribution >= 0.6 is 0 Å². The third-order valence-corrected chi connectivity index (χ3v) is 7.48. The molecule has 3 amide bonds. The molecule has 2 saturated heterocycles. The lowest BCUT2D eigenvalue weighted by molar-refractivity contribution is -0.148. The molecule has 6 nitrogen and oxygen atoms in total. The first-order valence-electron chi connectivity index (χ1n) is 12.7. The zero-order valence-corrected chi connectivity index (χ0v) is 20.2. The van der Waals surface area contributed by atoms with Crippen LogP contribution in [0.2, 0.25) is 0 Å². The first-order chi connectivity index (χ1) is 16.5. The van der Waals surface area contributed by atoms with E-state index in [0.717, 1.165) is 44.4 Å². The van der Waals surface area contributed by atoms with Crippen LogP contribution in [0, 0.1) is 5.92 Å².